The maximum absolute atomic E-state index is 12.3. The first-order valence-electron chi connectivity index (χ1n) is 10.5. The largest absolute Gasteiger partial charge is 0.378 e. The van der Waals surface area contributed by atoms with Crippen molar-refractivity contribution in [3.05, 3.63) is 24.3 Å². The molecular formula is C22H35N3O2. The first-order chi connectivity index (χ1) is 13.1. The zero-order chi connectivity index (χ0) is 19.5. The Morgan fingerprint density at radius 1 is 0.778 bits per heavy atom. The zero-order valence-electron chi connectivity index (χ0n) is 16.9. The molecule has 0 unspecified atom stereocenters. The summed E-state index contributed by atoms with van der Waals surface area (Å²) in [6, 6.07) is 7.58. The Balaban J connectivity index is 1.83. The Kier molecular flexibility index (Phi) is 9.16. The Morgan fingerprint density at radius 3 is 1.74 bits per heavy atom. The maximum Gasteiger partial charge on any atom is 0.313 e. The van der Waals surface area contributed by atoms with Crippen molar-refractivity contribution >= 4 is 23.2 Å². The van der Waals surface area contributed by atoms with Gasteiger partial charge in [-0.05, 0) is 37.1 Å². The van der Waals surface area contributed by atoms with Crippen LogP contribution in [0.3, 0.4) is 0 Å². The van der Waals surface area contributed by atoms with Crippen LogP contribution in [-0.2, 0) is 9.59 Å². The lowest BCUT2D eigenvalue weighted by atomic mass is 9.98. The van der Waals surface area contributed by atoms with Crippen LogP contribution in [-0.4, -0.2) is 32.0 Å². The van der Waals surface area contributed by atoms with E-state index >= 15 is 0 Å². The van der Waals surface area contributed by atoms with Crippen LogP contribution in [0.5, 0.6) is 0 Å². The van der Waals surface area contributed by atoms with E-state index in [-0.39, 0.29) is 6.04 Å². The van der Waals surface area contributed by atoms with Crippen LogP contribution in [0.15, 0.2) is 24.3 Å². The summed E-state index contributed by atoms with van der Waals surface area (Å²) < 4.78 is 0. The molecule has 0 atom stereocenters. The topological polar surface area (TPSA) is 61.4 Å². The quantitative estimate of drug-likeness (QED) is 0.768. The van der Waals surface area contributed by atoms with Gasteiger partial charge in [0.25, 0.3) is 0 Å². The monoisotopic (exact) mass is 373 g/mol. The van der Waals surface area contributed by atoms with Crippen molar-refractivity contribution in [3.63, 3.8) is 0 Å². The van der Waals surface area contributed by atoms with Crippen LogP contribution < -0.4 is 15.5 Å². The summed E-state index contributed by atoms with van der Waals surface area (Å²) in [7, 11) is 3.92. The van der Waals surface area contributed by atoms with Gasteiger partial charge in [0.1, 0.15) is 0 Å². The molecule has 1 fully saturated rings. The van der Waals surface area contributed by atoms with Crippen molar-refractivity contribution in [2.75, 3.05) is 24.3 Å². The van der Waals surface area contributed by atoms with E-state index in [1.54, 1.807) is 0 Å². The molecule has 2 N–H and O–H groups in total. The number of anilines is 2. The lowest BCUT2D eigenvalue weighted by molar-refractivity contribution is -0.136. The molecule has 0 aliphatic heterocycles. The fourth-order valence-corrected chi connectivity index (χ4v) is 3.59. The van der Waals surface area contributed by atoms with E-state index < -0.39 is 11.8 Å². The number of nitrogens with one attached hydrogen (secondary N) is 2. The van der Waals surface area contributed by atoms with Gasteiger partial charge in [0.2, 0.25) is 0 Å². The first-order valence-corrected chi connectivity index (χ1v) is 10.5. The second-order valence-electron chi connectivity index (χ2n) is 7.83. The lowest BCUT2D eigenvalue weighted by Gasteiger charge is -2.19. The Labute approximate surface area is 163 Å². The maximum atomic E-state index is 12.3. The number of hydrogen-bond donors (Lipinski definition) is 2. The van der Waals surface area contributed by atoms with Crippen molar-refractivity contribution in [3.8, 4) is 0 Å². The van der Waals surface area contributed by atoms with E-state index in [0.29, 0.717) is 5.69 Å². The minimum absolute atomic E-state index is 0.110. The Bertz CT molecular complexity index is 572. The molecule has 1 aromatic carbocycles. The second kappa shape index (κ2) is 11.6. The number of rotatable bonds is 3. The summed E-state index contributed by atoms with van der Waals surface area (Å²) >= 11 is 0. The average molecular weight is 374 g/mol. The standard InChI is InChI=1S/C22H35N3O2/c1-25(2)20-16-14-19(15-17-20)24-22(27)21(26)23-18-12-10-8-6-4-3-5-7-9-11-13-18/h14-18H,3-13H2,1-2H3,(H,23,26)(H,24,27). The molecule has 0 bridgehead atoms. The Morgan fingerprint density at radius 2 is 1.26 bits per heavy atom. The molecule has 0 heterocycles. The molecule has 1 aliphatic carbocycles. The molecule has 2 rings (SSSR count). The third-order valence-corrected chi connectivity index (χ3v) is 5.29. The molecule has 1 saturated carbocycles. The van der Waals surface area contributed by atoms with Crippen molar-refractivity contribution in [2.24, 2.45) is 0 Å². The molecule has 5 nitrogen and oxygen atoms in total. The summed E-state index contributed by atoms with van der Waals surface area (Å²) in [5, 5.41) is 5.66. The van der Waals surface area contributed by atoms with Gasteiger partial charge in [0, 0.05) is 31.5 Å². The first kappa shape index (κ1) is 21.3. The number of carbonyl (C=O) groups excluding carboxylic acids is 2. The molecule has 0 radical (unpaired) electrons. The highest BCUT2D eigenvalue weighted by Gasteiger charge is 2.18. The molecule has 0 saturated heterocycles. The molecular weight excluding hydrogens is 338 g/mol. The molecule has 27 heavy (non-hydrogen) atoms. The fraction of sp³-hybridized carbons (Fsp3) is 0.636. The summed E-state index contributed by atoms with van der Waals surface area (Å²) in [4.78, 5) is 26.6. The SMILES string of the molecule is CN(C)c1ccc(NC(=O)C(=O)NC2CCCCCCCCCCC2)cc1. The number of benzene rings is 1. The predicted octanol–water partition coefficient (Wildman–Crippen LogP) is 4.48. The highest BCUT2D eigenvalue weighted by Crippen LogP contribution is 2.18. The van der Waals surface area contributed by atoms with Gasteiger partial charge >= 0.3 is 11.8 Å². The van der Waals surface area contributed by atoms with Gasteiger partial charge in [-0.25, -0.2) is 0 Å². The number of carbonyl (C=O) groups is 2. The van der Waals surface area contributed by atoms with E-state index in [1.807, 2.05) is 43.3 Å². The van der Waals surface area contributed by atoms with Crippen LogP contribution in [0.2, 0.25) is 0 Å². The zero-order valence-corrected chi connectivity index (χ0v) is 16.9. The van der Waals surface area contributed by atoms with E-state index in [9.17, 15) is 9.59 Å². The minimum atomic E-state index is -0.585. The van der Waals surface area contributed by atoms with Crippen molar-refractivity contribution in [1.82, 2.24) is 5.32 Å². The van der Waals surface area contributed by atoms with Crippen molar-refractivity contribution in [2.45, 2.75) is 76.7 Å². The summed E-state index contributed by atoms with van der Waals surface area (Å²) in [6.07, 6.45) is 13.2. The number of amides is 2. The van der Waals surface area contributed by atoms with E-state index in [4.69, 9.17) is 0 Å². The summed E-state index contributed by atoms with van der Waals surface area (Å²) in [5.74, 6) is -1.11. The van der Waals surface area contributed by atoms with Crippen LogP contribution in [0, 0.1) is 0 Å². The van der Waals surface area contributed by atoms with Crippen molar-refractivity contribution in [1.29, 1.82) is 0 Å². The van der Waals surface area contributed by atoms with Crippen LogP contribution in [0.4, 0.5) is 11.4 Å². The van der Waals surface area contributed by atoms with Crippen LogP contribution in [0.1, 0.15) is 70.6 Å². The predicted molar refractivity (Wildman–Crippen MR) is 112 cm³/mol. The average Bonchev–Trinajstić information content (AvgIpc) is 2.64. The molecule has 1 aliphatic rings. The second-order valence-corrected chi connectivity index (χ2v) is 7.83. The summed E-state index contributed by atoms with van der Waals surface area (Å²) in [6.45, 7) is 0. The summed E-state index contributed by atoms with van der Waals surface area (Å²) in [5.41, 5.74) is 1.69. The fourth-order valence-electron chi connectivity index (χ4n) is 3.59. The molecule has 0 spiro atoms. The molecule has 0 aromatic heterocycles. The Hall–Kier alpha value is -2.04. The number of hydrogen-bond acceptors (Lipinski definition) is 3. The molecule has 5 heteroatoms. The molecule has 150 valence electrons. The van der Waals surface area contributed by atoms with Gasteiger partial charge in [0.15, 0.2) is 0 Å². The third kappa shape index (κ3) is 8.02. The highest BCUT2D eigenvalue weighted by atomic mass is 16.2. The van der Waals surface area contributed by atoms with Gasteiger partial charge in [-0.1, -0.05) is 57.8 Å². The van der Waals surface area contributed by atoms with E-state index in [0.717, 1.165) is 31.4 Å². The smallest absolute Gasteiger partial charge is 0.313 e. The minimum Gasteiger partial charge on any atom is -0.378 e. The van der Waals surface area contributed by atoms with Crippen LogP contribution in [0.25, 0.3) is 0 Å². The third-order valence-electron chi connectivity index (χ3n) is 5.29. The van der Waals surface area contributed by atoms with E-state index in [1.165, 1.54) is 44.9 Å². The van der Waals surface area contributed by atoms with E-state index in [2.05, 4.69) is 10.6 Å². The van der Waals surface area contributed by atoms with Gasteiger partial charge in [-0.3, -0.25) is 9.59 Å². The number of nitrogens with zero attached hydrogens (tertiary/aromatic N) is 1. The molecule has 2 amide bonds. The molecule has 1 aromatic rings. The highest BCUT2D eigenvalue weighted by molar-refractivity contribution is 6.39. The van der Waals surface area contributed by atoms with Gasteiger partial charge < -0.3 is 15.5 Å². The van der Waals surface area contributed by atoms with Gasteiger partial charge in [-0.2, -0.15) is 0 Å². The lowest BCUT2D eigenvalue weighted by Crippen LogP contribution is -2.41. The van der Waals surface area contributed by atoms with Gasteiger partial charge in [-0.15, -0.1) is 0 Å². The van der Waals surface area contributed by atoms with Crippen LogP contribution >= 0.6 is 0 Å². The van der Waals surface area contributed by atoms with Crippen molar-refractivity contribution < 1.29 is 9.59 Å². The van der Waals surface area contributed by atoms with Gasteiger partial charge in [0.05, 0.1) is 0 Å². The normalized spacial score (nSPS) is 17.3.